The zero-order chi connectivity index (χ0) is 35.0. The molecule has 4 atom stereocenters. The first kappa shape index (κ1) is 36.1. The number of nitrogens with zero attached hydrogens (tertiary/aromatic N) is 2. The van der Waals surface area contributed by atoms with Crippen molar-refractivity contribution in [2.75, 3.05) is 20.2 Å². The maximum Gasteiger partial charge on any atom is 0.272 e. The van der Waals surface area contributed by atoms with Crippen molar-refractivity contribution in [3.63, 3.8) is 0 Å². The summed E-state index contributed by atoms with van der Waals surface area (Å²) in [6, 6.07) is 7.04. The van der Waals surface area contributed by atoms with Crippen molar-refractivity contribution in [2.45, 2.75) is 71.6 Å². The van der Waals surface area contributed by atoms with E-state index in [-0.39, 0.29) is 43.5 Å². The molecule has 5 N–H and O–H groups in total. The number of hydrogen-bond donors (Lipinski definition) is 5. The standard InChI is InChI=1S/C34H45N7O6S/c1-19(2)13-26-33(45)37-27(14-22-7-9-24(47-6)10-8-22)32(44)35-21(5)31(43)38-29(20(3)4)16-41(17-30(42)36-26)34(46)28-15-25(39-40-28)23-11-12-48-18-23/h7-12,15,18-21,26-27,29H,13-14,16-17H2,1-6H3,(H,35,44)(H,36,42)(H,37,45)(H,38,43)(H,39,40)/t21-,26+,27+,29-/m1/s1. The van der Waals surface area contributed by atoms with Gasteiger partial charge in [0.2, 0.25) is 23.6 Å². The van der Waals surface area contributed by atoms with Crippen molar-refractivity contribution in [3.8, 4) is 17.0 Å². The van der Waals surface area contributed by atoms with Gasteiger partial charge < -0.3 is 30.9 Å². The molecule has 1 fully saturated rings. The Morgan fingerprint density at radius 3 is 2.29 bits per heavy atom. The summed E-state index contributed by atoms with van der Waals surface area (Å²) in [5.41, 5.74) is 2.36. The van der Waals surface area contributed by atoms with Crippen LogP contribution in [0, 0.1) is 11.8 Å². The van der Waals surface area contributed by atoms with Gasteiger partial charge in [0.1, 0.15) is 29.6 Å². The first-order valence-corrected chi connectivity index (χ1v) is 17.0. The number of carbonyl (C=O) groups is 5. The van der Waals surface area contributed by atoms with Crippen LogP contribution in [0.3, 0.4) is 0 Å². The zero-order valence-electron chi connectivity index (χ0n) is 28.2. The molecule has 0 radical (unpaired) electrons. The highest BCUT2D eigenvalue weighted by Gasteiger charge is 2.33. The first-order valence-electron chi connectivity index (χ1n) is 16.0. The molecule has 1 aliphatic rings. The molecular formula is C34H45N7O6S. The Hall–Kier alpha value is -4.72. The molecule has 258 valence electrons. The Kier molecular flexibility index (Phi) is 12.3. The SMILES string of the molecule is COc1ccc(C[C@@H]2NC(=O)[C@H](CC(C)C)NC(=O)CN(C(=O)c3cc(-c4ccsc4)n[nH]3)C[C@H](C(C)C)NC(=O)[C@@H](C)NC2=O)cc1. The van der Waals surface area contributed by atoms with Crippen LogP contribution >= 0.6 is 11.3 Å². The van der Waals surface area contributed by atoms with Crippen LogP contribution < -0.4 is 26.0 Å². The predicted molar refractivity (Wildman–Crippen MR) is 182 cm³/mol. The number of aromatic nitrogens is 2. The van der Waals surface area contributed by atoms with Gasteiger partial charge in [-0.1, -0.05) is 39.8 Å². The zero-order valence-corrected chi connectivity index (χ0v) is 29.0. The van der Waals surface area contributed by atoms with Crippen molar-refractivity contribution >= 4 is 40.9 Å². The number of ether oxygens (including phenoxy) is 1. The van der Waals surface area contributed by atoms with Gasteiger partial charge in [0, 0.05) is 30.0 Å². The van der Waals surface area contributed by atoms with Gasteiger partial charge in [-0.05, 0) is 60.4 Å². The summed E-state index contributed by atoms with van der Waals surface area (Å²) in [5.74, 6) is -2.11. The second-order valence-electron chi connectivity index (χ2n) is 12.8. The van der Waals surface area contributed by atoms with Gasteiger partial charge in [-0.25, -0.2) is 0 Å². The maximum absolute atomic E-state index is 13.9. The molecule has 0 spiro atoms. The van der Waals surface area contributed by atoms with E-state index in [2.05, 4.69) is 31.5 Å². The molecule has 0 saturated carbocycles. The molecule has 1 aromatic carbocycles. The fraction of sp³-hybridized carbons (Fsp3) is 0.471. The summed E-state index contributed by atoms with van der Waals surface area (Å²) in [6.45, 7) is 8.79. The summed E-state index contributed by atoms with van der Waals surface area (Å²) in [7, 11) is 1.55. The second-order valence-corrected chi connectivity index (χ2v) is 13.6. The Bertz CT molecular complexity index is 1570. The van der Waals surface area contributed by atoms with Gasteiger partial charge in [-0.15, -0.1) is 0 Å². The van der Waals surface area contributed by atoms with Crippen LogP contribution in [-0.4, -0.2) is 89.0 Å². The minimum atomic E-state index is -1.05. The molecule has 0 bridgehead atoms. The average molecular weight is 680 g/mol. The van der Waals surface area contributed by atoms with Gasteiger partial charge in [0.05, 0.1) is 19.3 Å². The van der Waals surface area contributed by atoms with E-state index in [9.17, 15) is 24.0 Å². The Morgan fingerprint density at radius 2 is 1.67 bits per heavy atom. The number of methoxy groups -OCH3 is 1. The van der Waals surface area contributed by atoms with Crippen LogP contribution in [0.1, 0.15) is 57.1 Å². The topological polar surface area (TPSA) is 175 Å². The number of thiophene rings is 1. The average Bonchev–Trinajstić information content (AvgIpc) is 3.75. The first-order chi connectivity index (χ1) is 22.8. The van der Waals surface area contributed by atoms with Gasteiger partial charge in [-0.3, -0.25) is 29.1 Å². The highest BCUT2D eigenvalue weighted by molar-refractivity contribution is 7.08. The number of nitrogens with one attached hydrogen (secondary N) is 5. The van der Waals surface area contributed by atoms with Gasteiger partial charge >= 0.3 is 0 Å². The van der Waals surface area contributed by atoms with Gasteiger partial charge in [-0.2, -0.15) is 16.4 Å². The minimum Gasteiger partial charge on any atom is -0.497 e. The number of aromatic amines is 1. The molecule has 1 saturated heterocycles. The lowest BCUT2D eigenvalue weighted by Gasteiger charge is -2.31. The molecule has 5 amide bonds. The van der Waals surface area contributed by atoms with Crippen LogP contribution in [0.4, 0.5) is 0 Å². The number of rotatable bonds is 8. The Morgan fingerprint density at radius 1 is 0.958 bits per heavy atom. The molecule has 4 rings (SSSR count). The van der Waals surface area contributed by atoms with Crippen LogP contribution in [0.15, 0.2) is 47.2 Å². The highest BCUT2D eigenvalue weighted by Crippen LogP contribution is 2.21. The molecule has 1 aliphatic heterocycles. The van der Waals surface area contributed by atoms with E-state index in [4.69, 9.17) is 4.74 Å². The van der Waals surface area contributed by atoms with Crippen molar-refractivity contribution in [1.82, 2.24) is 36.4 Å². The fourth-order valence-corrected chi connectivity index (χ4v) is 5.97. The number of hydrogen-bond acceptors (Lipinski definition) is 8. The van der Waals surface area contributed by atoms with Crippen LogP contribution in [0.25, 0.3) is 11.3 Å². The molecule has 0 aliphatic carbocycles. The van der Waals surface area contributed by atoms with Crippen molar-refractivity contribution < 1.29 is 28.7 Å². The summed E-state index contributed by atoms with van der Waals surface area (Å²) >= 11 is 1.50. The molecule has 3 heterocycles. The van der Waals surface area contributed by atoms with Crippen LogP contribution in [0.2, 0.25) is 0 Å². The summed E-state index contributed by atoms with van der Waals surface area (Å²) in [4.78, 5) is 69.5. The molecule has 14 heteroatoms. The largest absolute Gasteiger partial charge is 0.497 e. The third kappa shape index (κ3) is 9.66. The van der Waals surface area contributed by atoms with Gasteiger partial charge in [0.15, 0.2) is 0 Å². The lowest BCUT2D eigenvalue weighted by atomic mass is 10.0. The van der Waals surface area contributed by atoms with E-state index in [0.717, 1.165) is 11.1 Å². The molecule has 48 heavy (non-hydrogen) atoms. The molecule has 2 aromatic heterocycles. The fourth-order valence-electron chi connectivity index (χ4n) is 5.32. The molecule has 13 nitrogen and oxygen atoms in total. The quantitative estimate of drug-likeness (QED) is 0.243. The van der Waals surface area contributed by atoms with Crippen molar-refractivity contribution in [3.05, 3.63) is 58.4 Å². The van der Waals surface area contributed by atoms with E-state index >= 15 is 0 Å². The third-order valence-electron chi connectivity index (χ3n) is 8.14. The highest BCUT2D eigenvalue weighted by atomic mass is 32.1. The smallest absolute Gasteiger partial charge is 0.272 e. The number of benzene rings is 1. The van der Waals surface area contributed by atoms with Crippen LogP contribution in [-0.2, 0) is 25.6 Å². The molecule has 3 aromatic rings. The lowest BCUT2D eigenvalue weighted by molar-refractivity contribution is -0.133. The molecular weight excluding hydrogens is 634 g/mol. The summed E-state index contributed by atoms with van der Waals surface area (Å²) in [5, 5.41) is 22.2. The molecule has 0 unspecified atom stereocenters. The second kappa shape index (κ2) is 16.4. The maximum atomic E-state index is 13.9. The van der Waals surface area contributed by atoms with E-state index in [1.807, 2.05) is 44.5 Å². The van der Waals surface area contributed by atoms with Crippen molar-refractivity contribution in [2.24, 2.45) is 11.8 Å². The summed E-state index contributed by atoms with van der Waals surface area (Å²) in [6.07, 6.45) is 0.421. The monoisotopic (exact) mass is 679 g/mol. The Labute approximate surface area is 284 Å². The van der Waals surface area contributed by atoms with E-state index in [0.29, 0.717) is 11.4 Å². The van der Waals surface area contributed by atoms with E-state index in [1.54, 1.807) is 44.4 Å². The lowest BCUT2D eigenvalue weighted by Crippen LogP contribution is -2.57. The number of amides is 5. The normalized spacial score (nSPS) is 21.5. The van der Waals surface area contributed by atoms with E-state index in [1.165, 1.54) is 16.2 Å². The number of carbonyl (C=O) groups excluding carboxylic acids is 5. The predicted octanol–water partition coefficient (Wildman–Crippen LogP) is 2.51. The van der Waals surface area contributed by atoms with Crippen molar-refractivity contribution in [1.29, 1.82) is 0 Å². The third-order valence-corrected chi connectivity index (χ3v) is 8.82. The minimum absolute atomic E-state index is 0.00965. The Balaban J connectivity index is 1.66. The number of H-pyrrole nitrogens is 1. The summed E-state index contributed by atoms with van der Waals surface area (Å²) < 4.78 is 5.24. The van der Waals surface area contributed by atoms with Crippen LogP contribution in [0.5, 0.6) is 5.75 Å². The van der Waals surface area contributed by atoms with E-state index < -0.39 is 53.7 Å². The van der Waals surface area contributed by atoms with Gasteiger partial charge in [0.25, 0.3) is 5.91 Å².